The van der Waals surface area contributed by atoms with Crippen LogP contribution in [0.4, 0.5) is 5.69 Å². The SMILES string of the molecule is c1ccc2c(c1)CC(NC1CCN(c3cccc4c3OCCO4)CC1)C2. The molecule has 1 N–H and O–H groups in total. The second kappa shape index (κ2) is 6.84. The first-order valence-electron chi connectivity index (χ1n) is 9.83. The summed E-state index contributed by atoms with van der Waals surface area (Å²) in [5.41, 5.74) is 4.24. The van der Waals surface area contributed by atoms with E-state index in [1.54, 1.807) is 0 Å². The smallest absolute Gasteiger partial charge is 0.184 e. The summed E-state index contributed by atoms with van der Waals surface area (Å²) in [7, 11) is 0. The number of benzene rings is 2. The molecule has 0 amide bonds. The van der Waals surface area contributed by atoms with Crippen LogP contribution in [0, 0.1) is 0 Å². The van der Waals surface area contributed by atoms with Crippen molar-refractivity contribution < 1.29 is 9.47 Å². The van der Waals surface area contributed by atoms with Gasteiger partial charge in [0, 0.05) is 25.2 Å². The lowest BCUT2D eigenvalue weighted by Gasteiger charge is -2.36. The van der Waals surface area contributed by atoms with Gasteiger partial charge in [-0.3, -0.25) is 0 Å². The van der Waals surface area contributed by atoms with Crippen LogP contribution in [0.5, 0.6) is 11.5 Å². The molecule has 26 heavy (non-hydrogen) atoms. The van der Waals surface area contributed by atoms with Crippen LogP contribution in [0.2, 0.25) is 0 Å². The van der Waals surface area contributed by atoms with E-state index >= 15 is 0 Å². The van der Waals surface area contributed by atoms with Crippen LogP contribution in [0.1, 0.15) is 24.0 Å². The lowest BCUT2D eigenvalue weighted by Crippen LogP contribution is -2.46. The molecule has 2 aromatic rings. The van der Waals surface area contributed by atoms with Crippen molar-refractivity contribution in [2.75, 3.05) is 31.2 Å². The Morgan fingerprint density at radius 2 is 1.54 bits per heavy atom. The maximum absolute atomic E-state index is 5.90. The first kappa shape index (κ1) is 16.0. The topological polar surface area (TPSA) is 33.7 Å². The highest BCUT2D eigenvalue weighted by Gasteiger charge is 2.28. The van der Waals surface area contributed by atoms with E-state index in [2.05, 4.69) is 46.6 Å². The van der Waals surface area contributed by atoms with Crippen LogP contribution in [0.15, 0.2) is 42.5 Å². The molecule has 3 aliphatic rings. The molecule has 0 saturated carbocycles. The van der Waals surface area contributed by atoms with Crippen molar-refractivity contribution in [1.29, 1.82) is 0 Å². The van der Waals surface area contributed by atoms with E-state index in [4.69, 9.17) is 9.47 Å². The number of hydrogen-bond donors (Lipinski definition) is 1. The number of nitrogens with zero attached hydrogens (tertiary/aromatic N) is 1. The minimum absolute atomic E-state index is 0.602. The monoisotopic (exact) mass is 350 g/mol. The number of fused-ring (bicyclic) bond motifs is 2. The first-order valence-corrected chi connectivity index (χ1v) is 9.83. The molecule has 2 aliphatic heterocycles. The Morgan fingerprint density at radius 3 is 2.31 bits per heavy atom. The minimum Gasteiger partial charge on any atom is -0.486 e. The quantitative estimate of drug-likeness (QED) is 0.922. The van der Waals surface area contributed by atoms with E-state index < -0.39 is 0 Å². The third-order valence-corrected chi connectivity index (χ3v) is 5.90. The zero-order valence-corrected chi connectivity index (χ0v) is 15.1. The van der Waals surface area contributed by atoms with Crippen molar-refractivity contribution >= 4 is 5.69 Å². The highest BCUT2D eigenvalue weighted by molar-refractivity contribution is 5.65. The maximum atomic E-state index is 5.90. The number of ether oxygens (including phenoxy) is 2. The summed E-state index contributed by atoms with van der Waals surface area (Å²) in [6, 6.07) is 16.3. The average molecular weight is 350 g/mol. The van der Waals surface area contributed by atoms with Crippen molar-refractivity contribution in [3.63, 3.8) is 0 Å². The standard InChI is InChI=1S/C22H26N2O2/c1-2-5-17-15-19(14-16(17)4-1)23-18-8-10-24(11-9-18)20-6-3-7-21-22(20)26-13-12-25-21/h1-7,18-19,23H,8-15H2. The van der Waals surface area contributed by atoms with Gasteiger partial charge in [-0.1, -0.05) is 30.3 Å². The molecule has 1 fully saturated rings. The van der Waals surface area contributed by atoms with Crippen molar-refractivity contribution in [2.24, 2.45) is 0 Å². The third kappa shape index (κ3) is 3.03. The van der Waals surface area contributed by atoms with E-state index in [-0.39, 0.29) is 0 Å². The summed E-state index contributed by atoms with van der Waals surface area (Å²) in [5, 5.41) is 3.92. The molecule has 2 aromatic carbocycles. The molecular weight excluding hydrogens is 324 g/mol. The van der Waals surface area contributed by atoms with Gasteiger partial charge in [0.15, 0.2) is 11.5 Å². The Bertz CT molecular complexity index is 758. The van der Waals surface area contributed by atoms with E-state index in [9.17, 15) is 0 Å². The molecule has 0 radical (unpaired) electrons. The van der Waals surface area contributed by atoms with Crippen LogP contribution >= 0.6 is 0 Å². The second-order valence-electron chi connectivity index (χ2n) is 7.60. The van der Waals surface area contributed by atoms with Gasteiger partial charge in [-0.25, -0.2) is 0 Å². The molecule has 0 spiro atoms. The summed E-state index contributed by atoms with van der Waals surface area (Å²) in [4.78, 5) is 2.45. The van der Waals surface area contributed by atoms with Crippen LogP contribution in [-0.2, 0) is 12.8 Å². The molecule has 4 heteroatoms. The predicted molar refractivity (Wildman–Crippen MR) is 103 cm³/mol. The van der Waals surface area contributed by atoms with Gasteiger partial charge < -0.3 is 19.7 Å². The predicted octanol–water partition coefficient (Wildman–Crippen LogP) is 3.18. The van der Waals surface area contributed by atoms with Gasteiger partial charge in [0.05, 0.1) is 5.69 Å². The molecule has 0 unspecified atom stereocenters. The zero-order valence-electron chi connectivity index (χ0n) is 15.1. The van der Waals surface area contributed by atoms with Crippen molar-refractivity contribution in [3.05, 3.63) is 53.6 Å². The van der Waals surface area contributed by atoms with Crippen LogP contribution in [-0.4, -0.2) is 38.4 Å². The van der Waals surface area contributed by atoms with E-state index in [1.165, 1.54) is 42.5 Å². The van der Waals surface area contributed by atoms with Gasteiger partial charge in [-0.05, 0) is 48.9 Å². The highest BCUT2D eigenvalue weighted by atomic mass is 16.6. The lowest BCUT2D eigenvalue weighted by molar-refractivity contribution is 0.172. The van der Waals surface area contributed by atoms with Crippen molar-refractivity contribution in [2.45, 2.75) is 37.8 Å². The highest BCUT2D eigenvalue weighted by Crippen LogP contribution is 2.40. The summed E-state index contributed by atoms with van der Waals surface area (Å²) in [6.45, 7) is 3.42. The van der Waals surface area contributed by atoms with Gasteiger partial charge in [-0.15, -0.1) is 0 Å². The number of anilines is 1. The van der Waals surface area contributed by atoms with Gasteiger partial charge in [0.1, 0.15) is 13.2 Å². The molecule has 1 aliphatic carbocycles. The van der Waals surface area contributed by atoms with E-state index in [0.29, 0.717) is 25.3 Å². The van der Waals surface area contributed by atoms with E-state index in [1.807, 2.05) is 6.07 Å². The fraction of sp³-hybridized carbons (Fsp3) is 0.455. The fourth-order valence-electron chi connectivity index (χ4n) is 4.60. The first-order chi connectivity index (χ1) is 12.9. The molecule has 136 valence electrons. The number of rotatable bonds is 3. The summed E-state index contributed by atoms with van der Waals surface area (Å²) in [6.07, 6.45) is 4.70. The normalized spacial score (nSPS) is 20.2. The molecule has 0 aromatic heterocycles. The Hall–Kier alpha value is -2.20. The number of nitrogens with one attached hydrogen (secondary N) is 1. The number of hydrogen-bond acceptors (Lipinski definition) is 4. The average Bonchev–Trinajstić information content (AvgIpc) is 3.10. The minimum atomic E-state index is 0.602. The van der Waals surface area contributed by atoms with Gasteiger partial charge in [0.2, 0.25) is 0 Å². The largest absolute Gasteiger partial charge is 0.486 e. The number of para-hydroxylation sites is 1. The molecule has 0 atom stereocenters. The zero-order chi connectivity index (χ0) is 17.3. The van der Waals surface area contributed by atoms with Gasteiger partial charge in [-0.2, -0.15) is 0 Å². The lowest BCUT2D eigenvalue weighted by atomic mass is 10.0. The van der Waals surface area contributed by atoms with E-state index in [0.717, 1.165) is 24.6 Å². The summed E-state index contributed by atoms with van der Waals surface area (Å²) >= 11 is 0. The molecule has 2 heterocycles. The second-order valence-corrected chi connectivity index (χ2v) is 7.60. The van der Waals surface area contributed by atoms with Gasteiger partial charge in [0.25, 0.3) is 0 Å². The van der Waals surface area contributed by atoms with Gasteiger partial charge >= 0.3 is 0 Å². The van der Waals surface area contributed by atoms with Crippen LogP contribution < -0.4 is 19.7 Å². The molecule has 1 saturated heterocycles. The molecular formula is C22H26N2O2. The summed E-state index contributed by atoms with van der Waals surface area (Å²) in [5.74, 6) is 1.81. The van der Waals surface area contributed by atoms with Crippen molar-refractivity contribution in [3.8, 4) is 11.5 Å². The molecule has 5 rings (SSSR count). The summed E-state index contributed by atoms with van der Waals surface area (Å²) < 4.78 is 11.6. The Balaban J connectivity index is 1.20. The Morgan fingerprint density at radius 1 is 0.808 bits per heavy atom. The molecule has 4 nitrogen and oxygen atoms in total. The molecule has 0 bridgehead atoms. The Kier molecular flexibility index (Phi) is 4.21. The number of piperidine rings is 1. The maximum Gasteiger partial charge on any atom is 0.184 e. The van der Waals surface area contributed by atoms with Crippen LogP contribution in [0.3, 0.4) is 0 Å². The van der Waals surface area contributed by atoms with Crippen LogP contribution in [0.25, 0.3) is 0 Å². The Labute approximate surface area is 155 Å². The third-order valence-electron chi connectivity index (χ3n) is 5.90. The van der Waals surface area contributed by atoms with Crippen molar-refractivity contribution in [1.82, 2.24) is 5.32 Å². The fourth-order valence-corrected chi connectivity index (χ4v) is 4.60.